The Balaban J connectivity index is 1.78. The summed E-state index contributed by atoms with van der Waals surface area (Å²) in [4.78, 5) is 7.60. The molecule has 34 heavy (non-hydrogen) atoms. The van der Waals surface area contributed by atoms with E-state index in [1.54, 1.807) is 24.5 Å². The van der Waals surface area contributed by atoms with Crippen LogP contribution in [0, 0.1) is 5.82 Å². The summed E-state index contributed by atoms with van der Waals surface area (Å²) in [7, 11) is -3.53. The van der Waals surface area contributed by atoms with Crippen molar-refractivity contribution in [2.24, 2.45) is 0 Å². The number of furan rings is 1. The number of halogens is 1. The molecule has 0 atom stereocenters. The van der Waals surface area contributed by atoms with Crippen LogP contribution < -0.4 is 4.31 Å². The average Bonchev–Trinajstić information content (AvgIpc) is 3.34. The van der Waals surface area contributed by atoms with Crippen LogP contribution in [0.1, 0.15) is 38.2 Å². The van der Waals surface area contributed by atoms with E-state index in [2.05, 4.69) is 9.97 Å². The summed E-state index contributed by atoms with van der Waals surface area (Å²) in [5.74, 6) is 1.15. The molecule has 1 N–H and O–H groups in total. The molecule has 176 valence electrons. The molecular formula is C26H26FN3O3S. The van der Waals surface area contributed by atoms with Crippen molar-refractivity contribution in [3.63, 3.8) is 0 Å². The number of imidazole rings is 1. The first-order chi connectivity index (χ1) is 16.2. The molecule has 2 heterocycles. The Bertz CT molecular complexity index is 1480. The number of sulfonamides is 1. The van der Waals surface area contributed by atoms with Gasteiger partial charge in [-0.05, 0) is 68.5 Å². The maximum absolute atomic E-state index is 13.6. The Morgan fingerprint density at radius 3 is 2.56 bits per heavy atom. The maximum atomic E-state index is 13.6. The molecule has 0 spiro atoms. The summed E-state index contributed by atoms with van der Waals surface area (Å²) in [6.45, 7) is 4.15. The monoisotopic (exact) mass is 479 g/mol. The van der Waals surface area contributed by atoms with E-state index < -0.39 is 10.0 Å². The number of anilines is 1. The van der Waals surface area contributed by atoms with E-state index in [1.807, 2.05) is 32.1 Å². The van der Waals surface area contributed by atoms with Gasteiger partial charge in [-0.3, -0.25) is 4.31 Å². The van der Waals surface area contributed by atoms with Gasteiger partial charge in [0.1, 0.15) is 23.0 Å². The Morgan fingerprint density at radius 2 is 1.97 bits per heavy atom. The van der Waals surface area contributed by atoms with E-state index in [1.165, 1.54) is 22.7 Å². The van der Waals surface area contributed by atoms with E-state index in [-0.39, 0.29) is 12.4 Å². The lowest BCUT2D eigenvalue weighted by Crippen LogP contribution is -2.31. The predicted octanol–water partition coefficient (Wildman–Crippen LogP) is 6.24. The van der Waals surface area contributed by atoms with Crippen LogP contribution in [-0.4, -0.2) is 31.2 Å². The highest BCUT2D eigenvalue weighted by Gasteiger charge is 2.32. The fourth-order valence-electron chi connectivity index (χ4n) is 4.21. The first kappa shape index (κ1) is 22.4. The third-order valence-electron chi connectivity index (χ3n) is 6.03. The van der Waals surface area contributed by atoms with E-state index >= 15 is 0 Å². The van der Waals surface area contributed by atoms with E-state index in [0.29, 0.717) is 34.3 Å². The summed E-state index contributed by atoms with van der Waals surface area (Å²) >= 11 is 0. The number of fused-ring (bicyclic) bond motifs is 1. The molecule has 0 unspecified atom stereocenters. The number of nitrogens with one attached hydrogen (secondary N) is 1. The number of aromatic nitrogens is 2. The van der Waals surface area contributed by atoms with Crippen LogP contribution in [0.5, 0.6) is 0 Å². The van der Waals surface area contributed by atoms with Gasteiger partial charge in [0.05, 0.1) is 24.1 Å². The van der Waals surface area contributed by atoms with Crippen LogP contribution in [0.2, 0.25) is 0 Å². The smallest absolute Gasteiger partial charge is 0.232 e. The topological polar surface area (TPSA) is 79.2 Å². The highest BCUT2D eigenvalue weighted by Crippen LogP contribution is 2.49. The molecule has 4 aromatic rings. The lowest BCUT2D eigenvalue weighted by Gasteiger charge is -2.24. The van der Waals surface area contributed by atoms with Crippen molar-refractivity contribution in [1.82, 2.24) is 9.97 Å². The normalized spacial score (nSPS) is 13.9. The first-order valence-electron chi connectivity index (χ1n) is 11.2. The molecule has 0 saturated heterocycles. The average molecular weight is 480 g/mol. The summed E-state index contributed by atoms with van der Waals surface area (Å²) in [5, 5.41) is 0.843. The SMILES string of the molecule is CC(C)=CCN(c1cc2oc(-c3ccc(F)cc3)c(-c3ncc[nH]3)c2cc1C1CC1)S(C)(=O)=O. The largest absolute Gasteiger partial charge is 0.455 e. The molecule has 1 aliphatic carbocycles. The lowest BCUT2D eigenvalue weighted by atomic mass is 10.0. The number of H-pyrrole nitrogens is 1. The van der Waals surface area contributed by atoms with Crippen molar-refractivity contribution in [2.75, 3.05) is 17.1 Å². The molecule has 1 aliphatic rings. The number of benzene rings is 2. The highest BCUT2D eigenvalue weighted by molar-refractivity contribution is 7.92. The fourth-order valence-corrected chi connectivity index (χ4v) is 5.07. The van der Waals surface area contributed by atoms with Crippen molar-refractivity contribution in [2.45, 2.75) is 32.6 Å². The quantitative estimate of drug-likeness (QED) is 0.318. The molecule has 0 radical (unpaired) electrons. The molecule has 8 heteroatoms. The molecular weight excluding hydrogens is 453 g/mol. The second-order valence-electron chi connectivity index (χ2n) is 9.01. The third-order valence-corrected chi connectivity index (χ3v) is 7.18. The predicted molar refractivity (Wildman–Crippen MR) is 133 cm³/mol. The second-order valence-corrected chi connectivity index (χ2v) is 10.9. The summed E-state index contributed by atoms with van der Waals surface area (Å²) < 4.78 is 47.0. The Hall–Kier alpha value is -3.39. The molecule has 0 amide bonds. The van der Waals surface area contributed by atoms with Crippen LogP contribution in [0.25, 0.3) is 33.7 Å². The lowest BCUT2D eigenvalue weighted by molar-refractivity contribution is 0.598. The maximum Gasteiger partial charge on any atom is 0.232 e. The van der Waals surface area contributed by atoms with Crippen LogP contribution >= 0.6 is 0 Å². The van der Waals surface area contributed by atoms with Crippen molar-refractivity contribution in [3.05, 3.63) is 71.8 Å². The van der Waals surface area contributed by atoms with Gasteiger partial charge in [-0.2, -0.15) is 0 Å². The van der Waals surface area contributed by atoms with Gasteiger partial charge in [-0.15, -0.1) is 0 Å². The standard InChI is InChI=1S/C26H26FN3O3S/c1-16(2)10-13-30(34(3,31)32)22-15-23-21(14-20(22)17-4-5-17)24(26-28-11-12-29-26)25(33-23)18-6-8-19(27)9-7-18/h6-12,14-15,17H,4-5,13H2,1-3H3,(H,28,29). The van der Waals surface area contributed by atoms with Crippen molar-refractivity contribution in [1.29, 1.82) is 0 Å². The molecule has 1 saturated carbocycles. The molecule has 2 aromatic carbocycles. The highest BCUT2D eigenvalue weighted by atomic mass is 32.2. The molecule has 2 aromatic heterocycles. The molecule has 0 bridgehead atoms. The zero-order valence-corrected chi connectivity index (χ0v) is 20.1. The van der Waals surface area contributed by atoms with Crippen LogP contribution in [-0.2, 0) is 10.0 Å². The Kier molecular flexibility index (Phi) is 5.56. The van der Waals surface area contributed by atoms with Crippen molar-refractivity contribution in [3.8, 4) is 22.7 Å². The van der Waals surface area contributed by atoms with E-state index in [4.69, 9.17) is 4.42 Å². The summed E-state index contributed by atoms with van der Waals surface area (Å²) in [6.07, 6.45) is 8.57. The Morgan fingerprint density at radius 1 is 1.24 bits per heavy atom. The van der Waals surface area contributed by atoms with E-state index in [9.17, 15) is 12.8 Å². The first-order valence-corrected chi connectivity index (χ1v) is 13.0. The number of rotatable bonds is 7. The van der Waals surface area contributed by atoms with Crippen molar-refractivity contribution < 1.29 is 17.2 Å². The van der Waals surface area contributed by atoms with Gasteiger partial charge in [0, 0.05) is 29.4 Å². The molecule has 0 aliphatic heterocycles. The van der Waals surface area contributed by atoms with Gasteiger partial charge in [-0.1, -0.05) is 11.6 Å². The minimum absolute atomic E-state index is 0.253. The van der Waals surface area contributed by atoms with Gasteiger partial charge in [0.2, 0.25) is 10.0 Å². The molecule has 6 nitrogen and oxygen atoms in total. The minimum Gasteiger partial charge on any atom is -0.455 e. The molecule has 5 rings (SSSR count). The number of hydrogen-bond acceptors (Lipinski definition) is 4. The van der Waals surface area contributed by atoms with Crippen LogP contribution in [0.15, 0.2) is 64.9 Å². The Labute approximate surface area is 198 Å². The number of allylic oxidation sites excluding steroid dienone is 1. The van der Waals surface area contributed by atoms with Crippen molar-refractivity contribution >= 4 is 26.7 Å². The van der Waals surface area contributed by atoms with Gasteiger partial charge >= 0.3 is 0 Å². The number of hydrogen-bond donors (Lipinski definition) is 1. The number of aromatic amines is 1. The van der Waals surface area contributed by atoms with Gasteiger partial charge < -0.3 is 9.40 Å². The zero-order chi connectivity index (χ0) is 24.0. The molecule has 1 fully saturated rings. The summed E-state index contributed by atoms with van der Waals surface area (Å²) in [5.41, 5.74) is 4.70. The fraction of sp³-hybridized carbons (Fsp3) is 0.269. The third kappa shape index (κ3) is 4.25. The summed E-state index contributed by atoms with van der Waals surface area (Å²) in [6, 6.07) is 9.97. The number of nitrogens with zero attached hydrogens (tertiary/aromatic N) is 2. The van der Waals surface area contributed by atoms with Gasteiger partial charge in [-0.25, -0.2) is 17.8 Å². The van der Waals surface area contributed by atoms with Gasteiger partial charge in [0.25, 0.3) is 0 Å². The van der Waals surface area contributed by atoms with Crippen LogP contribution in [0.4, 0.5) is 10.1 Å². The zero-order valence-electron chi connectivity index (χ0n) is 19.3. The van der Waals surface area contributed by atoms with E-state index in [0.717, 1.165) is 34.9 Å². The van der Waals surface area contributed by atoms with Crippen LogP contribution in [0.3, 0.4) is 0 Å². The second kappa shape index (κ2) is 8.43. The van der Waals surface area contributed by atoms with Gasteiger partial charge in [0.15, 0.2) is 0 Å². The minimum atomic E-state index is -3.53.